The lowest BCUT2D eigenvalue weighted by Crippen LogP contribution is -2.43. The summed E-state index contributed by atoms with van der Waals surface area (Å²) in [7, 11) is 0. The number of ether oxygens (including phenoxy) is 2. The minimum atomic E-state index is -1.24. The first-order valence-electron chi connectivity index (χ1n) is 24.4. The van der Waals surface area contributed by atoms with Crippen molar-refractivity contribution < 1.29 is 78.2 Å². The van der Waals surface area contributed by atoms with Gasteiger partial charge in [0.2, 0.25) is 5.91 Å². The van der Waals surface area contributed by atoms with Gasteiger partial charge in [0.1, 0.15) is 54.1 Å². The van der Waals surface area contributed by atoms with Crippen molar-refractivity contribution in [1.29, 1.82) is 5.41 Å². The predicted octanol–water partition coefficient (Wildman–Crippen LogP) is -2.74. The van der Waals surface area contributed by atoms with Crippen molar-refractivity contribution in [3.8, 4) is 5.75 Å². The van der Waals surface area contributed by atoms with Crippen LogP contribution in [0.2, 0.25) is 0 Å². The molecule has 0 saturated carbocycles. The van der Waals surface area contributed by atoms with E-state index in [4.69, 9.17) is 87.3 Å². The molecular formula is C49H80N14O16. The van der Waals surface area contributed by atoms with Crippen molar-refractivity contribution in [1.82, 2.24) is 20.6 Å². The molecular weight excluding hydrogens is 1040 g/mol. The standard InChI is InChI=1S/C15H18N4O4.C9H17N3O4.C9H11NO2.C6H14N4O2.C5H9NO2.C5H11NO2/c16-12(14(20)21)5-9-1-3-11(4-2-9)23-15(22)13(17)6-10-7-18-8-19-10;1-4(2)7(12)9(15)16-8(14)5(10)3-6(11)13;10-8(9(11)12)6-7-4-2-1-3-5-7;7-4(5(11)12)2-1-3-10-6(8)9;7-5(8)4-2-1-3-6-4;1-3(2)4(6)5(7)8/h1-4,7-8,12-13H,5-6,16-17H2,(H,18,19)(H,20,21);4-5,7H,3,10,12H2,1-2H3,(H2,11,13);1-5,8H,6,10H2,(H,11,12);4H,1-3,7H2,(H,11,12)(H4,8,9,10);4,6H,1-3H2,(H,7,8);3-4H,6H2,1-2H3,(H,7,8)/t12-,13-;5-,7-;8-;3*4-/m000000/s1. The number of amides is 1. The van der Waals surface area contributed by atoms with Gasteiger partial charge in [0, 0.05) is 19.2 Å². The maximum absolute atomic E-state index is 11.9. The Morgan fingerprint density at radius 3 is 1.56 bits per heavy atom. The number of carbonyl (C=O) groups excluding carboxylic acids is 4. The van der Waals surface area contributed by atoms with Gasteiger partial charge in [-0.05, 0) is 80.2 Å². The smallest absolute Gasteiger partial charge is 0.331 e. The lowest BCUT2D eigenvalue weighted by Gasteiger charge is -2.14. The number of H-pyrrole nitrogens is 1. The number of hydrogen-bond acceptors (Lipinski definition) is 21. The van der Waals surface area contributed by atoms with E-state index < -0.39 is 96.0 Å². The van der Waals surface area contributed by atoms with Crippen LogP contribution in [0.15, 0.2) is 67.1 Å². The maximum atomic E-state index is 11.9. The van der Waals surface area contributed by atoms with Crippen LogP contribution in [0, 0.1) is 17.2 Å². The number of carboxylic acids is 5. The monoisotopic (exact) mass is 1120 g/mol. The Bertz CT molecular complexity index is 2310. The van der Waals surface area contributed by atoms with E-state index in [9.17, 15) is 43.2 Å². The second-order valence-electron chi connectivity index (χ2n) is 18.0. The number of aromatic nitrogens is 2. The first-order chi connectivity index (χ1) is 36.8. The first kappa shape index (κ1) is 73.1. The second kappa shape index (κ2) is 40.3. The molecule has 4 rings (SSSR count). The van der Waals surface area contributed by atoms with E-state index in [0.717, 1.165) is 30.5 Å². The number of rotatable bonds is 23. The molecule has 0 unspecified atom stereocenters. The Morgan fingerprint density at radius 2 is 1.18 bits per heavy atom. The highest BCUT2D eigenvalue weighted by molar-refractivity contribution is 5.93. The quantitative estimate of drug-likeness (QED) is 0.0114. The Balaban J connectivity index is 0. The van der Waals surface area contributed by atoms with E-state index >= 15 is 0 Å². The number of nitrogens with two attached hydrogens (primary N) is 9. The van der Waals surface area contributed by atoms with E-state index in [1.807, 2.05) is 30.3 Å². The Morgan fingerprint density at radius 1 is 0.658 bits per heavy atom. The summed E-state index contributed by atoms with van der Waals surface area (Å²) in [6.07, 6.45) is 6.41. The molecule has 1 saturated heterocycles. The predicted molar refractivity (Wildman–Crippen MR) is 287 cm³/mol. The molecule has 79 heavy (non-hydrogen) atoms. The third kappa shape index (κ3) is 35.9. The van der Waals surface area contributed by atoms with Crippen molar-refractivity contribution in [3.63, 3.8) is 0 Å². The lowest BCUT2D eigenvalue weighted by molar-refractivity contribution is -0.163. The van der Waals surface area contributed by atoms with Gasteiger partial charge in [0.15, 0.2) is 5.96 Å². The summed E-state index contributed by atoms with van der Waals surface area (Å²) in [5, 5.41) is 54.4. The minimum absolute atomic E-state index is 0.0208. The number of primary amides is 1. The van der Waals surface area contributed by atoms with Gasteiger partial charge in [-0.2, -0.15) is 0 Å². The van der Waals surface area contributed by atoms with E-state index in [1.54, 1.807) is 58.2 Å². The zero-order valence-corrected chi connectivity index (χ0v) is 44.6. The van der Waals surface area contributed by atoms with Gasteiger partial charge in [0.25, 0.3) is 0 Å². The number of nitrogens with one attached hydrogen (secondary N) is 4. The van der Waals surface area contributed by atoms with Crippen LogP contribution in [0.3, 0.4) is 0 Å². The zero-order valence-electron chi connectivity index (χ0n) is 44.6. The van der Waals surface area contributed by atoms with E-state index in [2.05, 4.69) is 25.3 Å². The molecule has 2 aromatic carbocycles. The normalized spacial score (nSPS) is 14.8. The van der Waals surface area contributed by atoms with Crippen LogP contribution in [0.1, 0.15) is 76.6 Å². The topological polar surface area (TPSA) is 584 Å². The summed E-state index contributed by atoms with van der Waals surface area (Å²) < 4.78 is 9.58. The fourth-order valence-electron chi connectivity index (χ4n) is 5.56. The van der Waals surface area contributed by atoms with Crippen molar-refractivity contribution >= 4 is 59.6 Å². The molecule has 1 aliphatic rings. The van der Waals surface area contributed by atoms with Crippen LogP contribution < -0.4 is 67.0 Å². The van der Waals surface area contributed by atoms with Gasteiger partial charge in [-0.3, -0.25) is 34.2 Å². The van der Waals surface area contributed by atoms with Gasteiger partial charge in [0.05, 0.1) is 18.4 Å². The van der Waals surface area contributed by atoms with Gasteiger partial charge >= 0.3 is 47.8 Å². The van der Waals surface area contributed by atoms with Crippen molar-refractivity contribution in [2.45, 2.75) is 127 Å². The molecule has 30 heteroatoms. The maximum Gasteiger partial charge on any atom is 0.331 e. The highest BCUT2D eigenvalue weighted by Gasteiger charge is 2.26. The largest absolute Gasteiger partial charge is 0.480 e. The van der Waals surface area contributed by atoms with Gasteiger partial charge in [-0.15, -0.1) is 0 Å². The molecule has 442 valence electrons. The third-order valence-corrected chi connectivity index (χ3v) is 10.4. The number of benzene rings is 2. The van der Waals surface area contributed by atoms with Crippen LogP contribution in [-0.4, -0.2) is 157 Å². The van der Waals surface area contributed by atoms with Gasteiger partial charge in [-0.25, -0.2) is 19.4 Å². The molecule has 27 N–H and O–H groups in total. The Labute approximate surface area is 456 Å². The van der Waals surface area contributed by atoms with Crippen LogP contribution in [-0.2, 0) is 67.2 Å². The van der Waals surface area contributed by atoms with Crippen LogP contribution >= 0.6 is 0 Å². The summed E-state index contributed by atoms with van der Waals surface area (Å²) in [6.45, 7) is 8.31. The molecule has 0 aliphatic carbocycles. The average Bonchev–Trinajstić information content (AvgIpc) is 4.12. The molecule has 0 spiro atoms. The molecule has 8 atom stereocenters. The zero-order chi connectivity index (χ0) is 60.9. The number of nitrogens with zero attached hydrogens (tertiary/aromatic N) is 1. The van der Waals surface area contributed by atoms with Crippen LogP contribution in [0.25, 0.3) is 0 Å². The van der Waals surface area contributed by atoms with Gasteiger partial charge in [-0.1, -0.05) is 70.2 Å². The number of hydrogen-bond donors (Lipinski definition) is 18. The number of carboxylic acid groups (broad SMARTS) is 5. The molecule has 2 heterocycles. The number of aromatic amines is 1. The number of aliphatic carboxylic acids is 5. The minimum Gasteiger partial charge on any atom is -0.480 e. The SMILES string of the molecule is CC(C)[C@H](N)C(=O)O.CC(C)[C@H](N)C(=O)OC(=O)[C@@H](N)CC(N)=O.N=C(N)NCCC[C@H](N)C(=O)O.N[C@@H](Cc1ccc(OC(=O)[C@@H](N)Cc2c[nH]cn2)cc1)C(=O)O.N[C@@H](Cc1ccccc1)C(=O)O.O=C(O)[C@@H]1CCCN1. The molecule has 1 aliphatic heterocycles. The highest BCUT2D eigenvalue weighted by atomic mass is 16.6. The lowest BCUT2D eigenvalue weighted by atomic mass is 10.1. The van der Waals surface area contributed by atoms with Crippen molar-refractivity contribution in [2.24, 2.45) is 63.4 Å². The summed E-state index contributed by atoms with van der Waals surface area (Å²) >= 11 is 0. The molecule has 0 bridgehead atoms. The summed E-state index contributed by atoms with van der Waals surface area (Å²) in [4.78, 5) is 103. The van der Waals surface area contributed by atoms with Crippen LogP contribution in [0.5, 0.6) is 5.75 Å². The molecule has 1 aromatic heterocycles. The Kier molecular flexibility index (Phi) is 37.3. The molecule has 30 nitrogen and oxygen atoms in total. The molecule has 0 radical (unpaired) electrons. The van der Waals surface area contributed by atoms with E-state index in [1.165, 1.54) is 6.33 Å². The molecule has 1 amide bonds. The van der Waals surface area contributed by atoms with E-state index in [0.29, 0.717) is 37.3 Å². The number of guanidine groups is 1. The Hall–Kier alpha value is -7.97. The van der Waals surface area contributed by atoms with Crippen molar-refractivity contribution in [3.05, 3.63) is 83.9 Å². The average molecular weight is 1120 g/mol. The fourth-order valence-corrected chi connectivity index (χ4v) is 5.56. The van der Waals surface area contributed by atoms with E-state index in [-0.39, 0.29) is 43.1 Å². The summed E-state index contributed by atoms with van der Waals surface area (Å²) in [5.41, 5.74) is 49.9. The highest BCUT2D eigenvalue weighted by Crippen LogP contribution is 2.15. The van der Waals surface area contributed by atoms with Crippen molar-refractivity contribution in [2.75, 3.05) is 13.1 Å². The van der Waals surface area contributed by atoms with Gasteiger partial charge < -0.3 is 102 Å². The molecule has 1 fully saturated rings. The summed E-state index contributed by atoms with van der Waals surface area (Å²) in [5.74, 6) is -7.77. The second-order valence-corrected chi connectivity index (χ2v) is 18.0. The molecule has 3 aromatic rings. The summed E-state index contributed by atoms with van der Waals surface area (Å²) in [6, 6.07) is 9.28. The van der Waals surface area contributed by atoms with Crippen LogP contribution in [0.4, 0.5) is 0 Å². The number of esters is 3. The number of imidazole rings is 1. The first-order valence-corrected chi connectivity index (χ1v) is 24.4. The number of carbonyl (C=O) groups is 9. The third-order valence-electron chi connectivity index (χ3n) is 10.4. The fraction of sp³-hybridized carbons (Fsp3) is 0.490.